The van der Waals surface area contributed by atoms with E-state index in [9.17, 15) is 57.1 Å². The van der Waals surface area contributed by atoms with E-state index >= 15 is 0 Å². The molecule has 3 aromatic carbocycles. The lowest BCUT2D eigenvalue weighted by Crippen LogP contribution is -2.11. The molecule has 0 aromatic heterocycles. The second kappa shape index (κ2) is 7.46. The Morgan fingerprint density at radius 2 is 0.452 bits per heavy atom. The number of benzene rings is 3. The highest BCUT2D eigenvalue weighted by atomic mass is 19.2. The predicted octanol–water partition coefficient (Wildman–Crippen LogP) is 6.83. The van der Waals surface area contributed by atoms with Crippen molar-refractivity contribution in [2.45, 2.75) is 0 Å². The molecule has 3 aromatic rings. The van der Waals surface area contributed by atoms with Gasteiger partial charge in [-0.15, -0.1) is 0 Å². The Morgan fingerprint density at radius 3 is 0.742 bits per heavy atom. The molecule has 0 fully saturated rings. The van der Waals surface area contributed by atoms with E-state index < -0.39 is 104 Å². The summed E-state index contributed by atoms with van der Waals surface area (Å²) < 4.78 is 179. The van der Waals surface area contributed by atoms with Crippen molar-refractivity contribution in [2.75, 3.05) is 0 Å². The van der Waals surface area contributed by atoms with Crippen LogP contribution < -0.4 is 0 Å². The Morgan fingerprint density at radius 1 is 0.258 bits per heavy atom. The third kappa shape index (κ3) is 3.10. The molecule has 0 spiro atoms. The highest BCUT2D eigenvalue weighted by Gasteiger charge is 2.36. The van der Waals surface area contributed by atoms with Gasteiger partial charge < -0.3 is 0 Å². The van der Waals surface area contributed by atoms with Crippen LogP contribution in [0.3, 0.4) is 0 Å². The summed E-state index contributed by atoms with van der Waals surface area (Å²) in [5, 5.41) is 0. The van der Waals surface area contributed by atoms with Crippen LogP contribution in [0.2, 0.25) is 0 Å². The minimum absolute atomic E-state index is 0.403. The lowest BCUT2D eigenvalue weighted by molar-refractivity contribution is 0.379. The smallest absolute Gasteiger partial charge is 0.200 e. The molecule has 0 aliphatic heterocycles. The summed E-state index contributed by atoms with van der Waals surface area (Å²) in [5.74, 6) is -34.9. The summed E-state index contributed by atoms with van der Waals surface area (Å²) in [6.07, 6.45) is 0. The fourth-order valence-corrected chi connectivity index (χ4v) is 2.69. The first-order valence-electron chi connectivity index (χ1n) is 7.53. The fourth-order valence-electron chi connectivity index (χ4n) is 2.69. The maximum Gasteiger partial charge on any atom is 0.200 e. The van der Waals surface area contributed by atoms with Gasteiger partial charge in [0.2, 0.25) is 5.82 Å². The van der Waals surface area contributed by atoms with Gasteiger partial charge in [0.05, 0.1) is 22.3 Å². The van der Waals surface area contributed by atoms with Gasteiger partial charge in [0, 0.05) is 6.07 Å². The van der Waals surface area contributed by atoms with Gasteiger partial charge in [-0.2, -0.15) is 0 Å². The molecule has 0 nitrogen and oxygen atoms in total. The van der Waals surface area contributed by atoms with Crippen molar-refractivity contribution in [2.24, 2.45) is 0 Å². The molecule has 0 aliphatic rings. The standard InChI is InChI=1S/C18HF13/c19-2-1-3(20)9(22)4(8(2)21)5-10(23)12(25)6(13(26)11(5)24)7-14(27)16(29)18(31)17(30)15(7)28/h1H. The van der Waals surface area contributed by atoms with Crippen LogP contribution in [0, 0.1) is 75.6 Å². The summed E-state index contributed by atoms with van der Waals surface area (Å²) >= 11 is 0. The fraction of sp³-hybridized carbons (Fsp3) is 0. The number of rotatable bonds is 2. The van der Waals surface area contributed by atoms with Gasteiger partial charge in [0.1, 0.15) is 0 Å². The molecule has 0 saturated carbocycles. The Hall–Kier alpha value is -3.25. The zero-order chi connectivity index (χ0) is 23.5. The zero-order valence-corrected chi connectivity index (χ0v) is 14.0. The van der Waals surface area contributed by atoms with E-state index in [-0.39, 0.29) is 0 Å². The maximum absolute atomic E-state index is 14.4. The van der Waals surface area contributed by atoms with Gasteiger partial charge in [-0.3, -0.25) is 0 Å². The average Bonchev–Trinajstić information content (AvgIpc) is 2.72. The number of hydrogen-bond acceptors (Lipinski definition) is 0. The van der Waals surface area contributed by atoms with Gasteiger partial charge in [-0.25, -0.2) is 57.1 Å². The molecule has 0 radical (unpaired) electrons. The Labute approximate surface area is 162 Å². The summed E-state index contributed by atoms with van der Waals surface area (Å²) in [4.78, 5) is 0. The van der Waals surface area contributed by atoms with Crippen molar-refractivity contribution in [3.63, 3.8) is 0 Å². The van der Waals surface area contributed by atoms with Crippen molar-refractivity contribution in [1.29, 1.82) is 0 Å². The monoisotopic (exact) mass is 464 g/mol. The van der Waals surface area contributed by atoms with Crippen LogP contribution in [0.1, 0.15) is 0 Å². The van der Waals surface area contributed by atoms with E-state index in [0.29, 0.717) is 0 Å². The quantitative estimate of drug-likeness (QED) is 0.222. The molecule has 13 heteroatoms. The van der Waals surface area contributed by atoms with Crippen LogP contribution in [0.15, 0.2) is 6.07 Å². The van der Waals surface area contributed by atoms with Crippen LogP contribution in [0.5, 0.6) is 0 Å². The van der Waals surface area contributed by atoms with Crippen LogP contribution in [-0.2, 0) is 0 Å². The molecule has 3 rings (SSSR count). The van der Waals surface area contributed by atoms with Gasteiger partial charge in [-0.05, 0) is 0 Å². The van der Waals surface area contributed by atoms with E-state index in [0.717, 1.165) is 0 Å². The lowest BCUT2D eigenvalue weighted by atomic mass is 9.95. The molecule has 0 amide bonds. The third-order valence-corrected chi connectivity index (χ3v) is 4.08. The van der Waals surface area contributed by atoms with E-state index in [1.165, 1.54) is 0 Å². The molecule has 0 heterocycles. The van der Waals surface area contributed by atoms with Crippen molar-refractivity contribution in [3.05, 3.63) is 81.7 Å². The molecular formula is C18HF13. The summed E-state index contributed by atoms with van der Waals surface area (Å²) in [6, 6.07) is -0.403. The highest BCUT2D eigenvalue weighted by Crippen LogP contribution is 2.42. The summed E-state index contributed by atoms with van der Waals surface area (Å²) in [5.41, 5.74) is -9.56. The molecule has 164 valence electrons. The normalized spacial score (nSPS) is 11.4. The van der Waals surface area contributed by atoms with Gasteiger partial charge >= 0.3 is 0 Å². The summed E-state index contributed by atoms with van der Waals surface area (Å²) in [6.45, 7) is 0. The highest BCUT2D eigenvalue weighted by molar-refractivity contribution is 5.74. The number of halogens is 13. The molecule has 0 atom stereocenters. The summed E-state index contributed by atoms with van der Waals surface area (Å²) in [7, 11) is 0. The first kappa shape index (κ1) is 22.4. The average molecular weight is 464 g/mol. The topological polar surface area (TPSA) is 0 Å². The van der Waals surface area contributed by atoms with Crippen molar-refractivity contribution in [1.82, 2.24) is 0 Å². The second-order valence-corrected chi connectivity index (χ2v) is 5.79. The molecule has 0 bridgehead atoms. The number of hydrogen-bond donors (Lipinski definition) is 0. The van der Waals surface area contributed by atoms with Gasteiger partial charge in [0.15, 0.2) is 69.8 Å². The van der Waals surface area contributed by atoms with Crippen molar-refractivity contribution < 1.29 is 57.1 Å². The van der Waals surface area contributed by atoms with Crippen molar-refractivity contribution >= 4 is 0 Å². The van der Waals surface area contributed by atoms with E-state index in [1.54, 1.807) is 0 Å². The first-order chi connectivity index (χ1) is 14.3. The predicted molar refractivity (Wildman–Crippen MR) is 76.8 cm³/mol. The van der Waals surface area contributed by atoms with Gasteiger partial charge in [-0.1, -0.05) is 0 Å². The van der Waals surface area contributed by atoms with E-state index in [4.69, 9.17) is 0 Å². The molecule has 0 unspecified atom stereocenters. The van der Waals surface area contributed by atoms with Crippen LogP contribution in [0.4, 0.5) is 57.1 Å². The molecule has 0 saturated heterocycles. The van der Waals surface area contributed by atoms with Crippen LogP contribution >= 0.6 is 0 Å². The minimum Gasteiger partial charge on any atom is -0.204 e. The Kier molecular flexibility index (Phi) is 5.40. The SMILES string of the molecule is Fc1cc(F)c(F)c(-c2c(F)c(F)c(-c3c(F)c(F)c(F)c(F)c3F)c(F)c2F)c1F. The minimum atomic E-state index is -2.87. The third-order valence-electron chi connectivity index (χ3n) is 4.08. The largest absolute Gasteiger partial charge is 0.204 e. The zero-order valence-electron chi connectivity index (χ0n) is 14.0. The van der Waals surface area contributed by atoms with Crippen molar-refractivity contribution in [3.8, 4) is 22.3 Å². The van der Waals surface area contributed by atoms with E-state index in [1.807, 2.05) is 0 Å². The first-order valence-corrected chi connectivity index (χ1v) is 7.53. The second-order valence-electron chi connectivity index (χ2n) is 5.79. The Bertz CT molecular complexity index is 1180. The molecule has 31 heavy (non-hydrogen) atoms. The molecule has 0 aliphatic carbocycles. The molecule has 0 N–H and O–H groups in total. The maximum atomic E-state index is 14.4. The van der Waals surface area contributed by atoms with E-state index in [2.05, 4.69) is 0 Å². The van der Waals surface area contributed by atoms with Gasteiger partial charge in [0.25, 0.3) is 0 Å². The lowest BCUT2D eigenvalue weighted by Gasteiger charge is -2.15. The van der Waals surface area contributed by atoms with Crippen LogP contribution in [-0.4, -0.2) is 0 Å². The Balaban J connectivity index is 2.50. The molecular weight excluding hydrogens is 463 g/mol. The van der Waals surface area contributed by atoms with Crippen LogP contribution in [0.25, 0.3) is 22.3 Å².